The highest BCUT2D eigenvalue weighted by molar-refractivity contribution is 9.10. The number of nitrogens with zero attached hydrogens (tertiary/aromatic N) is 3. The number of halogens is 1. The van der Waals surface area contributed by atoms with E-state index in [1.807, 2.05) is 0 Å². The summed E-state index contributed by atoms with van der Waals surface area (Å²) < 4.78 is 12.6. The highest BCUT2D eigenvalue weighted by Crippen LogP contribution is 2.32. The monoisotopic (exact) mass is 327 g/mol. The SMILES string of the molecule is C[C@H]1CN(c2ncc(Br)cn2)CC2(CCOCC2)O1. The van der Waals surface area contributed by atoms with Crippen LogP contribution >= 0.6 is 15.9 Å². The molecular weight excluding hydrogens is 310 g/mol. The molecule has 0 radical (unpaired) electrons. The maximum atomic E-state index is 6.20. The quantitative estimate of drug-likeness (QED) is 0.789. The number of anilines is 1. The van der Waals surface area contributed by atoms with E-state index in [2.05, 4.69) is 37.7 Å². The minimum absolute atomic E-state index is 0.0909. The van der Waals surface area contributed by atoms with Crippen LogP contribution in [0.2, 0.25) is 0 Å². The van der Waals surface area contributed by atoms with Crippen LogP contribution in [0.15, 0.2) is 16.9 Å². The normalized spacial score (nSPS) is 26.6. The molecule has 1 aromatic heterocycles. The lowest BCUT2D eigenvalue weighted by atomic mass is 9.91. The summed E-state index contributed by atoms with van der Waals surface area (Å²) in [4.78, 5) is 11.0. The topological polar surface area (TPSA) is 47.5 Å². The van der Waals surface area contributed by atoms with Crippen molar-refractivity contribution >= 4 is 21.9 Å². The summed E-state index contributed by atoms with van der Waals surface area (Å²) in [5.74, 6) is 0.782. The van der Waals surface area contributed by atoms with Gasteiger partial charge in [-0.05, 0) is 22.9 Å². The Morgan fingerprint density at radius 1 is 1.32 bits per heavy atom. The van der Waals surface area contributed by atoms with Crippen molar-refractivity contribution in [2.24, 2.45) is 0 Å². The summed E-state index contributed by atoms with van der Waals surface area (Å²) >= 11 is 3.37. The Morgan fingerprint density at radius 3 is 2.68 bits per heavy atom. The summed E-state index contributed by atoms with van der Waals surface area (Å²) in [7, 11) is 0. The Kier molecular flexibility index (Phi) is 3.73. The fourth-order valence-electron chi connectivity index (χ4n) is 2.86. The highest BCUT2D eigenvalue weighted by atomic mass is 79.9. The molecule has 1 aromatic rings. The molecule has 0 aliphatic carbocycles. The molecule has 2 aliphatic heterocycles. The van der Waals surface area contributed by atoms with E-state index in [4.69, 9.17) is 9.47 Å². The average molecular weight is 328 g/mol. The number of aromatic nitrogens is 2. The van der Waals surface area contributed by atoms with Gasteiger partial charge < -0.3 is 14.4 Å². The molecule has 0 unspecified atom stereocenters. The van der Waals surface area contributed by atoms with Crippen LogP contribution < -0.4 is 4.90 Å². The molecule has 3 rings (SSSR count). The Hall–Kier alpha value is -0.720. The zero-order valence-electron chi connectivity index (χ0n) is 11.0. The first-order valence-corrected chi connectivity index (χ1v) is 7.44. The van der Waals surface area contributed by atoms with E-state index in [-0.39, 0.29) is 11.7 Å². The number of rotatable bonds is 1. The van der Waals surface area contributed by atoms with E-state index in [1.165, 1.54) is 0 Å². The summed E-state index contributed by atoms with van der Waals surface area (Å²) in [6, 6.07) is 0. The smallest absolute Gasteiger partial charge is 0.225 e. The summed E-state index contributed by atoms with van der Waals surface area (Å²) in [6.45, 7) is 5.36. The molecule has 3 heterocycles. The van der Waals surface area contributed by atoms with Crippen LogP contribution in [-0.2, 0) is 9.47 Å². The van der Waals surface area contributed by atoms with Crippen LogP contribution in [-0.4, -0.2) is 48.0 Å². The molecule has 1 spiro atoms. The first-order valence-electron chi connectivity index (χ1n) is 6.65. The van der Waals surface area contributed by atoms with Crippen LogP contribution in [0.5, 0.6) is 0 Å². The third-order valence-electron chi connectivity index (χ3n) is 3.70. The minimum Gasteiger partial charge on any atom is -0.381 e. The third-order valence-corrected chi connectivity index (χ3v) is 4.11. The van der Waals surface area contributed by atoms with E-state index < -0.39 is 0 Å². The van der Waals surface area contributed by atoms with Gasteiger partial charge in [-0.3, -0.25) is 0 Å². The molecule has 2 fully saturated rings. The van der Waals surface area contributed by atoms with Crippen molar-refractivity contribution in [3.05, 3.63) is 16.9 Å². The molecule has 104 valence electrons. The minimum atomic E-state index is -0.0909. The Bertz CT molecular complexity index is 434. The van der Waals surface area contributed by atoms with Gasteiger partial charge in [-0.25, -0.2) is 9.97 Å². The average Bonchev–Trinajstić information content (AvgIpc) is 2.39. The van der Waals surface area contributed by atoms with Gasteiger partial charge in [0, 0.05) is 45.0 Å². The van der Waals surface area contributed by atoms with Crippen LogP contribution in [0, 0.1) is 0 Å². The van der Waals surface area contributed by atoms with Crippen molar-refractivity contribution in [1.82, 2.24) is 9.97 Å². The number of hydrogen-bond donors (Lipinski definition) is 0. The zero-order chi connectivity index (χ0) is 13.3. The second-order valence-electron chi connectivity index (χ2n) is 5.31. The number of hydrogen-bond acceptors (Lipinski definition) is 5. The van der Waals surface area contributed by atoms with Crippen molar-refractivity contribution in [3.63, 3.8) is 0 Å². The van der Waals surface area contributed by atoms with E-state index in [9.17, 15) is 0 Å². The van der Waals surface area contributed by atoms with E-state index in [0.29, 0.717) is 0 Å². The van der Waals surface area contributed by atoms with Crippen molar-refractivity contribution in [1.29, 1.82) is 0 Å². The maximum absolute atomic E-state index is 6.20. The fraction of sp³-hybridized carbons (Fsp3) is 0.692. The van der Waals surface area contributed by atoms with Gasteiger partial charge in [0.05, 0.1) is 22.7 Å². The van der Waals surface area contributed by atoms with Gasteiger partial charge >= 0.3 is 0 Å². The van der Waals surface area contributed by atoms with Gasteiger partial charge in [0.25, 0.3) is 0 Å². The van der Waals surface area contributed by atoms with Gasteiger partial charge in [0.15, 0.2) is 0 Å². The summed E-state index contributed by atoms with van der Waals surface area (Å²) in [5.41, 5.74) is -0.0909. The largest absolute Gasteiger partial charge is 0.381 e. The highest BCUT2D eigenvalue weighted by Gasteiger charge is 2.41. The molecule has 0 N–H and O–H groups in total. The molecule has 0 saturated carbocycles. The Balaban J connectivity index is 1.80. The Morgan fingerprint density at radius 2 is 2.00 bits per heavy atom. The predicted molar refractivity (Wildman–Crippen MR) is 75.3 cm³/mol. The van der Waals surface area contributed by atoms with E-state index in [1.54, 1.807) is 12.4 Å². The standard InChI is InChI=1S/C13H18BrN3O2/c1-10-8-17(12-15-6-11(14)7-16-12)9-13(19-10)2-4-18-5-3-13/h6-7,10H,2-5,8-9H2,1H3/t10-/m0/s1. The van der Waals surface area contributed by atoms with Gasteiger partial charge in [-0.15, -0.1) is 0 Å². The molecule has 1 atom stereocenters. The fourth-order valence-corrected chi connectivity index (χ4v) is 3.07. The first-order chi connectivity index (χ1) is 9.17. The van der Waals surface area contributed by atoms with E-state index >= 15 is 0 Å². The molecule has 6 heteroatoms. The molecule has 0 amide bonds. The first kappa shape index (κ1) is 13.3. The van der Waals surface area contributed by atoms with Gasteiger partial charge in [-0.1, -0.05) is 0 Å². The molecule has 2 aliphatic rings. The van der Waals surface area contributed by atoms with Gasteiger partial charge in [0.2, 0.25) is 5.95 Å². The maximum Gasteiger partial charge on any atom is 0.225 e. The summed E-state index contributed by atoms with van der Waals surface area (Å²) in [5, 5.41) is 0. The van der Waals surface area contributed by atoms with Crippen molar-refractivity contribution in [2.45, 2.75) is 31.5 Å². The summed E-state index contributed by atoms with van der Waals surface area (Å²) in [6.07, 6.45) is 5.67. The van der Waals surface area contributed by atoms with Crippen LogP contribution in [0.1, 0.15) is 19.8 Å². The molecule has 2 saturated heterocycles. The zero-order valence-corrected chi connectivity index (χ0v) is 12.6. The van der Waals surface area contributed by atoms with Gasteiger partial charge in [-0.2, -0.15) is 0 Å². The van der Waals surface area contributed by atoms with E-state index in [0.717, 1.165) is 49.6 Å². The second-order valence-corrected chi connectivity index (χ2v) is 6.22. The van der Waals surface area contributed by atoms with Crippen molar-refractivity contribution in [3.8, 4) is 0 Å². The Labute approximate surface area is 121 Å². The lowest BCUT2D eigenvalue weighted by molar-refractivity contribution is -0.146. The van der Waals surface area contributed by atoms with Crippen LogP contribution in [0.25, 0.3) is 0 Å². The predicted octanol–water partition coefficient (Wildman–Crippen LogP) is 2.01. The lowest BCUT2D eigenvalue weighted by Gasteiger charge is -2.47. The molecule has 0 bridgehead atoms. The molecule has 0 aromatic carbocycles. The molecular formula is C13H18BrN3O2. The van der Waals surface area contributed by atoms with Crippen molar-refractivity contribution < 1.29 is 9.47 Å². The molecule has 5 nitrogen and oxygen atoms in total. The molecule has 19 heavy (non-hydrogen) atoms. The number of morpholine rings is 1. The second kappa shape index (κ2) is 5.34. The lowest BCUT2D eigenvalue weighted by Crippen LogP contribution is -2.57. The third kappa shape index (κ3) is 2.90. The van der Waals surface area contributed by atoms with Gasteiger partial charge in [0.1, 0.15) is 0 Å². The van der Waals surface area contributed by atoms with Crippen molar-refractivity contribution in [2.75, 3.05) is 31.2 Å². The number of ether oxygens (including phenoxy) is 2. The van der Waals surface area contributed by atoms with Crippen LogP contribution in [0.3, 0.4) is 0 Å². The van der Waals surface area contributed by atoms with Crippen LogP contribution in [0.4, 0.5) is 5.95 Å².